The zero-order chi connectivity index (χ0) is 14.2. The van der Waals surface area contributed by atoms with Crippen molar-refractivity contribution in [3.63, 3.8) is 0 Å². The second kappa shape index (κ2) is 5.06. The molecule has 0 saturated heterocycles. The van der Waals surface area contributed by atoms with E-state index < -0.39 is 13.0 Å². The molecule has 0 radical (unpaired) electrons. The fourth-order valence-electron chi connectivity index (χ4n) is 2.48. The van der Waals surface area contributed by atoms with Crippen LogP contribution in [0.5, 0.6) is 5.75 Å². The maximum Gasteiger partial charge on any atom is 0.285 e. The molecular weight excluding hydrogens is 275 g/mol. The quantitative estimate of drug-likeness (QED) is 0.849. The molecule has 1 heterocycles. The molecule has 20 heavy (non-hydrogen) atoms. The molecule has 1 aliphatic rings. The van der Waals surface area contributed by atoms with Gasteiger partial charge in [-0.15, -0.1) is 0 Å². The van der Waals surface area contributed by atoms with Crippen LogP contribution in [0.1, 0.15) is 0 Å². The number of aliphatic hydroxyl groups excluding tert-OH is 2. The van der Waals surface area contributed by atoms with Gasteiger partial charge in [-0.2, -0.15) is 0 Å². The number of fused-ring (bicyclic) bond motifs is 3. The van der Waals surface area contributed by atoms with Gasteiger partial charge in [-0.05, 0) is 17.7 Å². The molecule has 104 valence electrons. The van der Waals surface area contributed by atoms with Crippen LogP contribution in [0.25, 0.3) is 11.1 Å². The molecule has 0 spiro atoms. The van der Waals surface area contributed by atoms with Crippen molar-refractivity contribution in [3.8, 4) is 16.9 Å². The summed E-state index contributed by atoms with van der Waals surface area (Å²) in [6.45, 7) is -0.769. The zero-order valence-electron chi connectivity index (χ0n) is 10.8. The average Bonchev–Trinajstić information content (AvgIpc) is 2.49. The van der Waals surface area contributed by atoms with Crippen molar-refractivity contribution in [2.75, 3.05) is 13.2 Å². The van der Waals surface area contributed by atoms with Crippen molar-refractivity contribution in [2.24, 2.45) is 0 Å². The molecule has 3 rings (SSSR count). The fourth-order valence-corrected chi connectivity index (χ4v) is 4.83. The first-order valence-electron chi connectivity index (χ1n) is 6.40. The van der Waals surface area contributed by atoms with Crippen molar-refractivity contribution in [1.29, 1.82) is 0 Å². The van der Waals surface area contributed by atoms with Crippen LogP contribution in [0.2, 0.25) is 0 Å². The van der Waals surface area contributed by atoms with Gasteiger partial charge in [0.15, 0.2) is 0 Å². The molecule has 4 nitrogen and oxygen atoms in total. The maximum absolute atomic E-state index is 13.2. The standard InChI is InChI=1S/C15H15O4P/c16-9-11(10-17)20(18)15-8-4-2-6-13(15)12-5-1-3-7-14(12)19-20/h1-8,11,16-17H,9-10H2. The average molecular weight is 290 g/mol. The van der Waals surface area contributed by atoms with Gasteiger partial charge in [0.2, 0.25) is 0 Å². The predicted molar refractivity (Wildman–Crippen MR) is 77.7 cm³/mol. The maximum atomic E-state index is 13.2. The number of para-hydroxylation sites is 1. The Labute approximate surface area is 117 Å². The summed E-state index contributed by atoms with van der Waals surface area (Å²) in [6.07, 6.45) is 0. The minimum Gasteiger partial charge on any atom is -0.439 e. The van der Waals surface area contributed by atoms with Crippen LogP contribution in [0.3, 0.4) is 0 Å². The summed E-state index contributed by atoms with van der Waals surface area (Å²) in [5, 5.41) is 19.4. The highest BCUT2D eigenvalue weighted by atomic mass is 31.2. The first-order chi connectivity index (χ1) is 9.70. The van der Waals surface area contributed by atoms with Crippen LogP contribution >= 0.6 is 7.37 Å². The lowest BCUT2D eigenvalue weighted by Crippen LogP contribution is -2.30. The van der Waals surface area contributed by atoms with Gasteiger partial charge in [0, 0.05) is 5.56 Å². The summed E-state index contributed by atoms with van der Waals surface area (Å²) in [4.78, 5) is 0. The Hall–Kier alpha value is -1.61. The Morgan fingerprint density at radius 2 is 1.55 bits per heavy atom. The largest absolute Gasteiger partial charge is 0.439 e. The molecule has 0 aromatic heterocycles. The summed E-state index contributed by atoms with van der Waals surface area (Å²) in [5.41, 5.74) is 0.908. The molecule has 2 N–H and O–H groups in total. The normalized spacial score (nSPS) is 20.1. The molecule has 0 saturated carbocycles. The second-order valence-corrected chi connectivity index (χ2v) is 7.31. The number of benzene rings is 2. The van der Waals surface area contributed by atoms with Crippen LogP contribution < -0.4 is 9.83 Å². The number of rotatable bonds is 3. The first kappa shape index (κ1) is 13.4. The summed E-state index contributed by atoms with van der Waals surface area (Å²) < 4.78 is 19.0. The van der Waals surface area contributed by atoms with Crippen LogP contribution in [-0.2, 0) is 4.57 Å². The van der Waals surface area contributed by atoms with Gasteiger partial charge in [-0.3, -0.25) is 4.57 Å². The lowest BCUT2D eigenvalue weighted by atomic mass is 10.0. The van der Waals surface area contributed by atoms with E-state index in [-0.39, 0.29) is 13.2 Å². The predicted octanol–water partition coefficient (Wildman–Crippen LogP) is 2.00. The van der Waals surface area contributed by atoms with Gasteiger partial charge in [0.1, 0.15) is 5.75 Å². The summed E-state index contributed by atoms with van der Waals surface area (Å²) in [7, 11) is -3.35. The Morgan fingerprint density at radius 3 is 2.25 bits per heavy atom. The van der Waals surface area contributed by atoms with Crippen molar-refractivity contribution >= 4 is 12.7 Å². The third-order valence-electron chi connectivity index (χ3n) is 3.55. The van der Waals surface area contributed by atoms with Gasteiger partial charge in [-0.1, -0.05) is 36.4 Å². The molecular formula is C15H15O4P. The molecule has 5 heteroatoms. The summed E-state index contributed by atoms with van der Waals surface area (Å²) in [6, 6.07) is 14.6. The summed E-state index contributed by atoms with van der Waals surface area (Å²) >= 11 is 0. The van der Waals surface area contributed by atoms with Crippen LogP contribution in [-0.4, -0.2) is 29.1 Å². The van der Waals surface area contributed by atoms with Crippen LogP contribution in [0.15, 0.2) is 48.5 Å². The van der Waals surface area contributed by atoms with Crippen LogP contribution in [0.4, 0.5) is 0 Å². The van der Waals surface area contributed by atoms with E-state index in [2.05, 4.69) is 0 Å². The molecule has 2 aromatic carbocycles. The van der Waals surface area contributed by atoms with E-state index in [9.17, 15) is 14.8 Å². The van der Waals surface area contributed by atoms with Gasteiger partial charge >= 0.3 is 0 Å². The third-order valence-corrected chi connectivity index (χ3v) is 6.37. The third kappa shape index (κ3) is 1.88. The van der Waals surface area contributed by atoms with Gasteiger partial charge in [-0.25, -0.2) is 0 Å². The zero-order valence-corrected chi connectivity index (χ0v) is 11.7. The van der Waals surface area contributed by atoms with Crippen molar-refractivity contribution in [2.45, 2.75) is 5.66 Å². The highest BCUT2D eigenvalue weighted by Gasteiger charge is 2.42. The van der Waals surface area contributed by atoms with Crippen molar-refractivity contribution < 1.29 is 19.3 Å². The van der Waals surface area contributed by atoms with E-state index in [1.165, 1.54) is 0 Å². The topological polar surface area (TPSA) is 66.8 Å². The number of hydrogen-bond donors (Lipinski definition) is 2. The van der Waals surface area contributed by atoms with Crippen molar-refractivity contribution in [1.82, 2.24) is 0 Å². The van der Waals surface area contributed by atoms with Crippen molar-refractivity contribution in [3.05, 3.63) is 48.5 Å². The van der Waals surface area contributed by atoms with Crippen LogP contribution in [0, 0.1) is 0 Å². The lowest BCUT2D eigenvalue weighted by molar-refractivity contribution is 0.218. The highest BCUT2D eigenvalue weighted by molar-refractivity contribution is 7.68. The monoisotopic (exact) mass is 290 g/mol. The number of hydrogen-bond acceptors (Lipinski definition) is 4. The fraction of sp³-hybridized carbons (Fsp3) is 0.200. The highest BCUT2D eigenvalue weighted by Crippen LogP contribution is 2.57. The second-order valence-electron chi connectivity index (χ2n) is 4.72. The van der Waals surface area contributed by atoms with E-state index in [4.69, 9.17) is 4.52 Å². The molecule has 0 amide bonds. The van der Waals surface area contributed by atoms with E-state index in [0.29, 0.717) is 11.1 Å². The minimum absolute atomic E-state index is 0.385. The molecule has 0 bridgehead atoms. The smallest absolute Gasteiger partial charge is 0.285 e. The van der Waals surface area contributed by atoms with E-state index in [1.54, 1.807) is 18.2 Å². The minimum atomic E-state index is -3.35. The summed E-state index contributed by atoms with van der Waals surface area (Å²) in [5.74, 6) is 0.529. The van der Waals surface area contributed by atoms with Gasteiger partial charge in [0.25, 0.3) is 7.37 Å². The van der Waals surface area contributed by atoms with E-state index >= 15 is 0 Å². The SMILES string of the molecule is O=P1(C(CO)CO)Oc2ccccc2-c2ccccc21. The van der Waals surface area contributed by atoms with E-state index in [1.807, 2.05) is 30.3 Å². The Bertz CT molecular complexity index is 679. The van der Waals surface area contributed by atoms with Gasteiger partial charge in [0.05, 0.1) is 24.2 Å². The molecule has 1 unspecified atom stereocenters. The lowest BCUT2D eigenvalue weighted by Gasteiger charge is -2.32. The Balaban J connectivity index is 2.26. The molecule has 0 aliphatic carbocycles. The molecule has 1 aliphatic heterocycles. The molecule has 1 atom stereocenters. The molecule has 2 aromatic rings. The van der Waals surface area contributed by atoms with E-state index in [0.717, 1.165) is 11.1 Å². The van der Waals surface area contributed by atoms with Gasteiger partial charge < -0.3 is 14.7 Å². The Morgan fingerprint density at radius 1 is 0.950 bits per heavy atom. The Kier molecular flexibility index (Phi) is 3.38. The number of aliphatic hydroxyl groups is 2. The first-order valence-corrected chi connectivity index (χ1v) is 8.10. The molecule has 0 fully saturated rings.